The molecule has 106 valence electrons. The first-order valence-corrected chi connectivity index (χ1v) is 12.1. The van der Waals surface area contributed by atoms with Crippen molar-refractivity contribution in [2.45, 2.75) is 44.7 Å². The van der Waals surface area contributed by atoms with E-state index in [1.165, 1.54) is 0 Å². The molecule has 0 bridgehead atoms. The van der Waals surface area contributed by atoms with Gasteiger partial charge in [-0.25, -0.2) is 8.42 Å². The van der Waals surface area contributed by atoms with E-state index in [9.17, 15) is 8.42 Å². The van der Waals surface area contributed by atoms with Crippen molar-refractivity contribution in [2.24, 2.45) is 0 Å². The third-order valence-corrected chi connectivity index (χ3v) is 7.65. The number of benzene rings is 1. The minimum atomic E-state index is -3.10. The maximum atomic E-state index is 12.4. The Hall–Kier alpha value is -0.653. The highest BCUT2D eigenvalue weighted by molar-refractivity contribution is 7.89. The molecule has 1 aromatic carbocycles. The van der Waals surface area contributed by atoms with E-state index in [4.69, 9.17) is 0 Å². The van der Waals surface area contributed by atoms with Gasteiger partial charge in [-0.15, -0.1) is 0 Å². The topological polar surface area (TPSA) is 37.1 Å². The summed E-state index contributed by atoms with van der Waals surface area (Å²) in [5.74, 6) is 0.302. The van der Waals surface area contributed by atoms with Gasteiger partial charge in [0.2, 0.25) is 10.0 Å². The summed E-state index contributed by atoms with van der Waals surface area (Å²) in [6.45, 7) is 8.62. The minimum absolute atomic E-state index is 0.0489. The van der Waals surface area contributed by atoms with Crippen molar-refractivity contribution in [2.75, 3.05) is 5.75 Å². The summed E-state index contributed by atoms with van der Waals surface area (Å²) in [6, 6.07) is 10.9. The van der Waals surface area contributed by atoms with Gasteiger partial charge in [-0.1, -0.05) is 50.0 Å². The predicted octanol–water partition coefficient (Wildman–Crippen LogP) is 3.10. The third-order valence-electron chi connectivity index (χ3n) is 3.62. The van der Waals surface area contributed by atoms with Gasteiger partial charge in [0.05, 0.1) is 11.8 Å². The molecule has 1 aliphatic heterocycles. The maximum Gasteiger partial charge on any atom is 0.214 e. The number of rotatable bonds is 5. The van der Waals surface area contributed by atoms with Crippen LogP contribution in [0, 0.1) is 0 Å². The van der Waals surface area contributed by atoms with Gasteiger partial charge in [0.15, 0.2) is 0 Å². The standard InChI is InChI=1S/C14H23NO2SSi/c1-12-14(13-8-6-5-7-9-13)15(12)18(16,17)10-11-19(2,3)4/h5-9,12,14H,10-11H2,1-4H3/t12-,14+,15?/m1/s1. The number of sulfonamides is 1. The fraction of sp³-hybridized carbons (Fsp3) is 0.571. The van der Waals surface area contributed by atoms with E-state index in [1.54, 1.807) is 4.31 Å². The average Bonchev–Trinajstić information content (AvgIpc) is 3.00. The second-order valence-electron chi connectivity index (χ2n) is 6.55. The Kier molecular flexibility index (Phi) is 3.91. The van der Waals surface area contributed by atoms with Crippen molar-refractivity contribution in [1.82, 2.24) is 4.31 Å². The molecule has 1 unspecified atom stereocenters. The second kappa shape index (κ2) is 5.03. The molecule has 0 radical (unpaired) electrons. The minimum Gasteiger partial charge on any atom is -0.212 e. The van der Waals surface area contributed by atoms with Crippen molar-refractivity contribution >= 4 is 18.1 Å². The molecule has 2 rings (SSSR count). The fourth-order valence-electron chi connectivity index (χ4n) is 2.36. The van der Waals surface area contributed by atoms with E-state index < -0.39 is 18.1 Å². The van der Waals surface area contributed by atoms with Crippen LogP contribution in [-0.2, 0) is 10.0 Å². The molecular formula is C14H23NO2SSi. The number of nitrogens with zero attached hydrogens (tertiary/aromatic N) is 1. The Balaban J connectivity index is 2.08. The lowest BCUT2D eigenvalue weighted by molar-refractivity contribution is 0.549. The highest BCUT2D eigenvalue weighted by atomic mass is 32.2. The first-order valence-electron chi connectivity index (χ1n) is 6.78. The van der Waals surface area contributed by atoms with Crippen LogP contribution in [0.4, 0.5) is 0 Å². The maximum absolute atomic E-state index is 12.4. The summed E-state index contributed by atoms with van der Waals surface area (Å²) in [7, 11) is -4.41. The van der Waals surface area contributed by atoms with Crippen molar-refractivity contribution in [3.05, 3.63) is 35.9 Å². The van der Waals surface area contributed by atoms with Crippen molar-refractivity contribution < 1.29 is 8.42 Å². The summed E-state index contributed by atoms with van der Waals surface area (Å²) in [4.78, 5) is 0. The normalized spacial score (nSPS) is 27.3. The molecule has 5 heteroatoms. The molecule has 0 aliphatic carbocycles. The molecule has 1 aromatic rings. The van der Waals surface area contributed by atoms with Crippen molar-refractivity contribution in [3.8, 4) is 0 Å². The molecule has 3 nitrogen and oxygen atoms in total. The average molecular weight is 297 g/mol. The molecule has 19 heavy (non-hydrogen) atoms. The van der Waals surface area contributed by atoms with E-state index in [0.29, 0.717) is 5.75 Å². The summed E-state index contributed by atoms with van der Waals surface area (Å²) >= 11 is 0. The lowest BCUT2D eigenvalue weighted by Gasteiger charge is -2.16. The van der Waals surface area contributed by atoms with Crippen LogP contribution in [0.3, 0.4) is 0 Å². The molecule has 1 heterocycles. The van der Waals surface area contributed by atoms with E-state index in [0.717, 1.165) is 11.6 Å². The van der Waals surface area contributed by atoms with E-state index in [2.05, 4.69) is 19.6 Å². The molecule has 3 atom stereocenters. The third kappa shape index (κ3) is 3.46. The SMILES string of the molecule is C[C@@H]1[C@@H](c2ccccc2)N1S(=O)(=O)CC[Si](C)(C)C. The number of hydrogen-bond acceptors (Lipinski definition) is 2. The van der Waals surface area contributed by atoms with Crippen LogP contribution in [0.15, 0.2) is 30.3 Å². The molecule has 1 aliphatic rings. The molecule has 1 saturated heterocycles. The van der Waals surface area contributed by atoms with Crippen LogP contribution < -0.4 is 0 Å². The molecule has 0 spiro atoms. The van der Waals surface area contributed by atoms with Crippen molar-refractivity contribution in [1.29, 1.82) is 0 Å². The molecule has 0 saturated carbocycles. The Morgan fingerprint density at radius 1 is 1.16 bits per heavy atom. The van der Waals surface area contributed by atoms with Crippen LogP contribution >= 0.6 is 0 Å². The molecule has 0 amide bonds. The van der Waals surface area contributed by atoms with Gasteiger partial charge in [-0.3, -0.25) is 0 Å². The smallest absolute Gasteiger partial charge is 0.212 e. The summed E-state index contributed by atoms with van der Waals surface area (Å²) in [6.07, 6.45) is 0. The first kappa shape index (κ1) is 14.7. The van der Waals surface area contributed by atoms with Gasteiger partial charge < -0.3 is 0 Å². The second-order valence-corrected chi connectivity index (χ2v) is 14.2. The summed E-state index contributed by atoms with van der Waals surface area (Å²) in [5, 5.41) is 0. The van der Waals surface area contributed by atoms with E-state index in [-0.39, 0.29) is 12.1 Å². The van der Waals surface area contributed by atoms with Gasteiger partial charge in [-0.2, -0.15) is 4.31 Å². The van der Waals surface area contributed by atoms with Gasteiger partial charge >= 0.3 is 0 Å². The van der Waals surface area contributed by atoms with Gasteiger partial charge in [0.1, 0.15) is 0 Å². The van der Waals surface area contributed by atoms with Crippen LogP contribution in [-0.4, -0.2) is 32.6 Å². The van der Waals surface area contributed by atoms with E-state index >= 15 is 0 Å². The number of hydrogen-bond donors (Lipinski definition) is 0. The fourth-order valence-corrected chi connectivity index (χ4v) is 7.27. The van der Waals surface area contributed by atoms with Gasteiger partial charge in [-0.05, 0) is 18.5 Å². The van der Waals surface area contributed by atoms with Crippen molar-refractivity contribution in [3.63, 3.8) is 0 Å². The van der Waals surface area contributed by atoms with Gasteiger partial charge in [0, 0.05) is 14.1 Å². The zero-order valence-electron chi connectivity index (χ0n) is 12.1. The Labute approximate surface area is 117 Å². The Morgan fingerprint density at radius 3 is 2.26 bits per heavy atom. The lowest BCUT2D eigenvalue weighted by Crippen LogP contribution is -2.27. The Bertz CT molecular complexity index is 536. The first-order chi connectivity index (χ1) is 8.72. The zero-order chi connectivity index (χ0) is 14.3. The lowest BCUT2D eigenvalue weighted by atomic mass is 10.1. The van der Waals surface area contributed by atoms with Crippen LogP contribution in [0.2, 0.25) is 25.7 Å². The quantitative estimate of drug-likeness (QED) is 0.618. The molecular weight excluding hydrogens is 274 g/mol. The van der Waals surface area contributed by atoms with Crippen LogP contribution in [0.1, 0.15) is 18.5 Å². The monoisotopic (exact) mass is 297 g/mol. The summed E-state index contributed by atoms with van der Waals surface area (Å²) < 4.78 is 26.4. The van der Waals surface area contributed by atoms with Crippen LogP contribution in [0.5, 0.6) is 0 Å². The van der Waals surface area contributed by atoms with E-state index in [1.807, 2.05) is 37.3 Å². The highest BCUT2D eigenvalue weighted by Crippen LogP contribution is 2.45. The predicted molar refractivity (Wildman–Crippen MR) is 82.4 cm³/mol. The zero-order valence-corrected chi connectivity index (χ0v) is 13.9. The Morgan fingerprint density at radius 2 is 1.74 bits per heavy atom. The van der Waals surface area contributed by atoms with Crippen LogP contribution in [0.25, 0.3) is 0 Å². The highest BCUT2D eigenvalue weighted by Gasteiger charge is 2.52. The molecule has 0 aromatic heterocycles. The molecule has 0 N–H and O–H groups in total. The van der Waals surface area contributed by atoms with Gasteiger partial charge in [0.25, 0.3) is 0 Å². The largest absolute Gasteiger partial charge is 0.214 e. The molecule has 1 fully saturated rings. The summed E-state index contributed by atoms with van der Waals surface area (Å²) in [5.41, 5.74) is 1.10.